The zero-order valence-corrected chi connectivity index (χ0v) is 24.1. The standard InChI is InChI=1S/C29H31F2N7O2S/c1-6-21-26(35(5)27-33-25(24(16-32)41-27)18-7-9-19(30)10-8-18)23-15-22(20(31)17-38(23)34-21)36-11-13-37(14-12-36)28(39)40-29(2,3)4/h7-10,15,17H,6,11-14H2,1-5H3/i7D,8D,9D,10D. The molecule has 1 saturated heterocycles. The third-order valence-electron chi connectivity index (χ3n) is 6.52. The van der Waals surface area contributed by atoms with E-state index in [1.54, 1.807) is 43.7 Å². The number of amides is 1. The lowest BCUT2D eigenvalue weighted by Crippen LogP contribution is -2.50. The van der Waals surface area contributed by atoms with Gasteiger partial charge < -0.3 is 19.4 Å². The van der Waals surface area contributed by atoms with Crippen LogP contribution >= 0.6 is 11.3 Å². The summed E-state index contributed by atoms with van der Waals surface area (Å²) in [6.45, 7) is 8.75. The lowest BCUT2D eigenvalue weighted by Gasteiger charge is -2.36. The van der Waals surface area contributed by atoms with Gasteiger partial charge in [0, 0.05) is 38.8 Å². The van der Waals surface area contributed by atoms with Crippen molar-refractivity contribution in [2.45, 2.75) is 39.7 Å². The Morgan fingerprint density at radius 2 is 1.90 bits per heavy atom. The molecule has 0 radical (unpaired) electrons. The Kier molecular flexibility index (Phi) is 6.28. The summed E-state index contributed by atoms with van der Waals surface area (Å²) in [6, 6.07) is 0.705. The van der Waals surface area contributed by atoms with Crippen LogP contribution in [0.4, 0.5) is 30.1 Å². The first kappa shape index (κ1) is 23.5. The molecule has 0 bridgehead atoms. The Hall–Kier alpha value is -4.24. The molecule has 1 aliphatic heterocycles. The molecule has 0 aliphatic carbocycles. The van der Waals surface area contributed by atoms with E-state index >= 15 is 4.39 Å². The molecular weight excluding hydrogens is 548 g/mol. The van der Waals surface area contributed by atoms with E-state index in [9.17, 15) is 14.4 Å². The zero-order valence-electron chi connectivity index (χ0n) is 27.3. The molecule has 0 spiro atoms. The average molecular weight is 584 g/mol. The van der Waals surface area contributed by atoms with Gasteiger partial charge in [0.15, 0.2) is 10.9 Å². The number of thiazole rings is 1. The first-order valence-electron chi connectivity index (χ1n) is 15.0. The van der Waals surface area contributed by atoms with Gasteiger partial charge in [-0.05, 0) is 57.4 Å². The molecule has 3 aromatic heterocycles. The van der Waals surface area contributed by atoms with E-state index in [-0.39, 0.29) is 21.3 Å². The van der Waals surface area contributed by atoms with Gasteiger partial charge in [-0.1, -0.05) is 18.3 Å². The van der Waals surface area contributed by atoms with Gasteiger partial charge in [-0.15, -0.1) is 0 Å². The van der Waals surface area contributed by atoms with Crippen molar-refractivity contribution in [1.82, 2.24) is 19.5 Å². The van der Waals surface area contributed by atoms with Crippen LogP contribution in [0.15, 0.2) is 36.4 Å². The van der Waals surface area contributed by atoms with Crippen molar-refractivity contribution >= 4 is 39.5 Å². The SMILES string of the molecule is [2H]c1c([2H])c(-c2nc(N(C)c3c(CC)nn4cc(F)c(N5CCN(C(=O)OC(C)(C)C)CC5)cc34)sc2C#N)c([2H])c([2H])c1F. The second-order valence-electron chi connectivity index (χ2n) is 10.5. The summed E-state index contributed by atoms with van der Waals surface area (Å²) in [5.41, 5.74) is 1.10. The summed E-state index contributed by atoms with van der Waals surface area (Å²) >= 11 is 0.964. The van der Waals surface area contributed by atoms with Crippen molar-refractivity contribution < 1.29 is 23.8 Å². The van der Waals surface area contributed by atoms with Crippen LogP contribution < -0.4 is 9.80 Å². The number of fused-ring (bicyclic) bond motifs is 1. The number of pyridine rings is 1. The van der Waals surface area contributed by atoms with E-state index in [1.807, 2.05) is 17.9 Å². The average Bonchev–Trinajstić information content (AvgIpc) is 3.58. The lowest BCUT2D eigenvalue weighted by molar-refractivity contribution is 0.0240. The molecular formula is C29H31F2N7O2S. The molecule has 4 aromatic rings. The fourth-order valence-corrected chi connectivity index (χ4v) is 5.44. The van der Waals surface area contributed by atoms with Crippen LogP contribution in [0.5, 0.6) is 0 Å². The molecule has 1 aliphatic rings. The first-order valence-corrected chi connectivity index (χ1v) is 13.8. The highest BCUT2D eigenvalue weighted by molar-refractivity contribution is 7.16. The maximum absolute atomic E-state index is 15.4. The van der Waals surface area contributed by atoms with E-state index < -0.39 is 47.5 Å². The van der Waals surface area contributed by atoms with Crippen molar-refractivity contribution in [3.63, 3.8) is 0 Å². The third kappa shape index (κ3) is 5.67. The van der Waals surface area contributed by atoms with Crippen molar-refractivity contribution in [1.29, 1.82) is 5.26 Å². The molecule has 1 fully saturated rings. The van der Waals surface area contributed by atoms with Crippen molar-refractivity contribution in [2.24, 2.45) is 0 Å². The van der Waals surface area contributed by atoms with E-state index in [4.69, 9.17) is 10.2 Å². The Balaban J connectivity index is 1.52. The van der Waals surface area contributed by atoms with Crippen LogP contribution in [0.2, 0.25) is 0 Å². The fourth-order valence-electron chi connectivity index (χ4n) is 4.60. The summed E-state index contributed by atoms with van der Waals surface area (Å²) < 4.78 is 68.8. The largest absolute Gasteiger partial charge is 0.444 e. The molecule has 0 saturated carbocycles. The Morgan fingerprint density at radius 3 is 2.51 bits per heavy atom. The number of halogens is 2. The van der Waals surface area contributed by atoms with E-state index in [2.05, 4.69) is 10.1 Å². The number of carbonyl (C=O) groups is 1. The van der Waals surface area contributed by atoms with E-state index in [0.717, 1.165) is 11.3 Å². The Morgan fingerprint density at radius 1 is 1.22 bits per heavy atom. The normalized spacial score (nSPS) is 15.3. The predicted molar refractivity (Wildman–Crippen MR) is 155 cm³/mol. The van der Waals surface area contributed by atoms with Crippen LogP contribution in [0, 0.1) is 23.0 Å². The number of hydrogen-bond donors (Lipinski definition) is 0. The van der Waals surface area contributed by atoms with Gasteiger partial charge in [-0.25, -0.2) is 23.1 Å². The van der Waals surface area contributed by atoms with Crippen LogP contribution in [0.25, 0.3) is 16.8 Å². The van der Waals surface area contributed by atoms with Gasteiger partial charge in [0.25, 0.3) is 0 Å². The maximum atomic E-state index is 15.4. The summed E-state index contributed by atoms with van der Waals surface area (Å²) in [5, 5.41) is 14.7. The van der Waals surface area contributed by atoms with Crippen LogP contribution in [0.3, 0.4) is 0 Å². The number of hydrogen-bond acceptors (Lipinski definition) is 8. The molecule has 9 nitrogen and oxygen atoms in total. The number of ether oxygens (including phenoxy) is 1. The molecule has 4 heterocycles. The smallest absolute Gasteiger partial charge is 0.410 e. The molecule has 0 N–H and O–H groups in total. The highest BCUT2D eigenvalue weighted by atomic mass is 32.1. The monoisotopic (exact) mass is 583 g/mol. The number of nitriles is 1. The van der Waals surface area contributed by atoms with Gasteiger partial charge >= 0.3 is 6.09 Å². The predicted octanol–water partition coefficient (Wildman–Crippen LogP) is 6.00. The minimum atomic E-state index is -1.28. The van der Waals surface area contributed by atoms with E-state index in [0.29, 0.717) is 55.2 Å². The Labute approximate surface area is 246 Å². The number of anilines is 3. The fraction of sp³-hybridized carbons (Fsp3) is 0.379. The number of rotatable bonds is 5. The molecule has 0 unspecified atom stereocenters. The van der Waals surface area contributed by atoms with E-state index in [1.165, 1.54) is 10.7 Å². The molecule has 12 heteroatoms. The number of carbonyl (C=O) groups excluding carboxylic acids is 1. The van der Waals surface area contributed by atoms with Crippen LogP contribution in [0.1, 0.15) is 43.7 Å². The molecule has 1 aromatic carbocycles. The second-order valence-corrected chi connectivity index (χ2v) is 11.5. The van der Waals surface area contributed by atoms with Crippen molar-refractivity contribution in [2.75, 3.05) is 43.0 Å². The van der Waals surface area contributed by atoms with Gasteiger partial charge in [-0.3, -0.25) is 0 Å². The van der Waals surface area contributed by atoms with Crippen LogP contribution in [-0.2, 0) is 11.2 Å². The highest BCUT2D eigenvalue weighted by Crippen LogP contribution is 2.39. The minimum absolute atomic E-state index is 0.0216. The number of nitrogens with zero attached hydrogens (tertiary/aromatic N) is 7. The number of benzene rings is 1. The van der Waals surface area contributed by atoms with Crippen molar-refractivity contribution in [3.05, 3.63) is 58.6 Å². The number of aromatic nitrogens is 3. The third-order valence-corrected chi connectivity index (χ3v) is 7.56. The van der Waals surface area contributed by atoms with Gasteiger partial charge in [0.2, 0.25) is 0 Å². The highest BCUT2D eigenvalue weighted by Gasteiger charge is 2.28. The molecule has 214 valence electrons. The summed E-state index contributed by atoms with van der Waals surface area (Å²) in [7, 11) is 1.70. The lowest BCUT2D eigenvalue weighted by atomic mass is 10.1. The minimum Gasteiger partial charge on any atom is -0.444 e. The molecule has 41 heavy (non-hydrogen) atoms. The number of aryl methyl sites for hydroxylation is 1. The first-order chi connectivity index (χ1) is 21.2. The van der Waals surface area contributed by atoms with Crippen molar-refractivity contribution in [3.8, 4) is 17.3 Å². The molecule has 1 amide bonds. The topological polar surface area (TPSA) is 90.0 Å². The van der Waals surface area contributed by atoms with Gasteiger partial charge in [0.05, 0.1) is 34.3 Å². The quantitative estimate of drug-likeness (QED) is 0.285. The summed E-state index contributed by atoms with van der Waals surface area (Å²) in [4.78, 5) is 22.2. The Bertz CT molecular complexity index is 1830. The maximum Gasteiger partial charge on any atom is 0.410 e. The summed E-state index contributed by atoms with van der Waals surface area (Å²) in [5.74, 6) is -1.77. The van der Waals surface area contributed by atoms with Gasteiger partial charge in [-0.2, -0.15) is 10.4 Å². The molecule has 5 rings (SSSR count). The van der Waals surface area contributed by atoms with Crippen LogP contribution in [-0.4, -0.2) is 64.4 Å². The summed E-state index contributed by atoms with van der Waals surface area (Å²) in [6.07, 6.45) is 1.35. The van der Waals surface area contributed by atoms with Gasteiger partial charge in [0.1, 0.15) is 28.1 Å². The second kappa shape index (κ2) is 11.0. The number of piperazine rings is 1. The molecule has 0 atom stereocenters. The zero-order chi connectivity index (χ0) is 33.0.